The van der Waals surface area contributed by atoms with Gasteiger partial charge < -0.3 is 5.32 Å². The lowest BCUT2D eigenvalue weighted by molar-refractivity contribution is 0.869. The fourth-order valence-corrected chi connectivity index (χ4v) is 2.24. The number of aromatic amines is 1. The van der Waals surface area contributed by atoms with Gasteiger partial charge in [-0.15, -0.1) is 0 Å². The number of hydrogen-bond donors (Lipinski definition) is 4. The third kappa shape index (κ3) is 2.50. The molecule has 3 aromatic rings. The van der Waals surface area contributed by atoms with E-state index in [0.717, 1.165) is 11.1 Å². The standard InChI is InChI=1S/C14H17N7/c1-8(2)9-5-3-4-6-11(9)17-12-10-7-16-21-13(10)19-14(18-12)20-15/h3-8H,15H2,1-2H3,(H3,16,17,18,19,20,21). The molecule has 1 aromatic carbocycles. The fourth-order valence-electron chi connectivity index (χ4n) is 2.24. The summed E-state index contributed by atoms with van der Waals surface area (Å²) in [7, 11) is 0. The van der Waals surface area contributed by atoms with E-state index in [1.807, 2.05) is 18.2 Å². The van der Waals surface area contributed by atoms with Crippen molar-refractivity contribution in [2.24, 2.45) is 5.84 Å². The molecule has 0 saturated carbocycles. The molecule has 7 nitrogen and oxygen atoms in total. The molecule has 0 spiro atoms. The lowest BCUT2D eigenvalue weighted by Gasteiger charge is -2.14. The molecule has 0 fully saturated rings. The second-order valence-electron chi connectivity index (χ2n) is 5.04. The van der Waals surface area contributed by atoms with Crippen LogP contribution in [0.5, 0.6) is 0 Å². The van der Waals surface area contributed by atoms with E-state index in [4.69, 9.17) is 5.84 Å². The van der Waals surface area contributed by atoms with Gasteiger partial charge in [-0.25, -0.2) is 5.84 Å². The van der Waals surface area contributed by atoms with Crippen molar-refractivity contribution in [2.45, 2.75) is 19.8 Å². The van der Waals surface area contributed by atoms with Crippen LogP contribution in [-0.2, 0) is 0 Å². The van der Waals surface area contributed by atoms with E-state index in [0.29, 0.717) is 23.3 Å². The normalized spacial score (nSPS) is 11.0. The smallest absolute Gasteiger partial charge is 0.241 e. The van der Waals surface area contributed by atoms with Gasteiger partial charge in [0.1, 0.15) is 5.82 Å². The molecule has 2 heterocycles. The fraction of sp³-hybridized carbons (Fsp3) is 0.214. The number of hydrogen-bond acceptors (Lipinski definition) is 6. The molecule has 108 valence electrons. The Morgan fingerprint density at radius 2 is 2.00 bits per heavy atom. The Kier molecular flexibility index (Phi) is 3.41. The maximum absolute atomic E-state index is 5.41. The van der Waals surface area contributed by atoms with Crippen LogP contribution in [0.2, 0.25) is 0 Å². The van der Waals surface area contributed by atoms with Crippen molar-refractivity contribution in [2.75, 3.05) is 10.7 Å². The summed E-state index contributed by atoms with van der Waals surface area (Å²) < 4.78 is 0. The van der Waals surface area contributed by atoms with Crippen LogP contribution in [-0.4, -0.2) is 20.2 Å². The number of H-pyrrole nitrogens is 1. The van der Waals surface area contributed by atoms with Gasteiger partial charge in [-0.3, -0.25) is 10.5 Å². The molecule has 7 heteroatoms. The average molecular weight is 283 g/mol. The number of para-hydroxylation sites is 1. The Labute approximate surface area is 122 Å². The van der Waals surface area contributed by atoms with Gasteiger partial charge in [0.25, 0.3) is 0 Å². The van der Waals surface area contributed by atoms with Gasteiger partial charge in [0.2, 0.25) is 5.95 Å². The van der Waals surface area contributed by atoms with Gasteiger partial charge in [-0.05, 0) is 17.5 Å². The monoisotopic (exact) mass is 283 g/mol. The van der Waals surface area contributed by atoms with Crippen molar-refractivity contribution < 1.29 is 0 Å². The van der Waals surface area contributed by atoms with Crippen LogP contribution in [0.4, 0.5) is 17.5 Å². The molecule has 5 N–H and O–H groups in total. The quantitative estimate of drug-likeness (QED) is 0.433. The molecule has 0 atom stereocenters. The second-order valence-corrected chi connectivity index (χ2v) is 5.04. The zero-order valence-corrected chi connectivity index (χ0v) is 11.9. The third-order valence-electron chi connectivity index (χ3n) is 3.27. The summed E-state index contributed by atoms with van der Waals surface area (Å²) >= 11 is 0. The van der Waals surface area contributed by atoms with E-state index in [-0.39, 0.29) is 0 Å². The number of nitrogens with zero attached hydrogens (tertiary/aromatic N) is 3. The van der Waals surface area contributed by atoms with Crippen molar-refractivity contribution >= 4 is 28.5 Å². The number of hydrazine groups is 1. The molecule has 0 bridgehead atoms. The highest BCUT2D eigenvalue weighted by Crippen LogP contribution is 2.29. The molecule has 0 amide bonds. The second kappa shape index (κ2) is 5.37. The Hall–Kier alpha value is -2.67. The van der Waals surface area contributed by atoms with Crippen LogP contribution < -0.4 is 16.6 Å². The number of aromatic nitrogens is 4. The average Bonchev–Trinajstić information content (AvgIpc) is 2.96. The summed E-state index contributed by atoms with van der Waals surface area (Å²) in [4.78, 5) is 8.58. The summed E-state index contributed by atoms with van der Waals surface area (Å²) in [6, 6.07) is 8.15. The lowest BCUT2D eigenvalue weighted by Crippen LogP contribution is -2.11. The first-order valence-corrected chi connectivity index (χ1v) is 6.72. The SMILES string of the molecule is CC(C)c1ccccc1Nc1nc(NN)nc2[nH]ncc12. The van der Waals surface area contributed by atoms with Crippen LogP contribution in [0, 0.1) is 0 Å². The first kappa shape index (κ1) is 13.3. The van der Waals surface area contributed by atoms with E-state index in [1.54, 1.807) is 6.20 Å². The van der Waals surface area contributed by atoms with Crippen molar-refractivity contribution in [3.63, 3.8) is 0 Å². The summed E-state index contributed by atoms with van der Waals surface area (Å²) in [6.07, 6.45) is 1.69. The van der Waals surface area contributed by atoms with E-state index in [9.17, 15) is 0 Å². The Bertz CT molecular complexity index is 763. The van der Waals surface area contributed by atoms with Crippen molar-refractivity contribution in [3.05, 3.63) is 36.0 Å². The Balaban J connectivity index is 2.07. The van der Waals surface area contributed by atoms with E-state index >= 15 is 0 Å². The van der Waals surface area contributed by atoms with E-state index in [2.05, 4.69) is 50.8 Å². The summed E-state index contributed by atoms with van der Waals surface area (Å²) in [5, 5.41) is 11.0. The first-order chi connectivity index (χ1) is 10.2. The highest BCUT2D eigenvalue weighted by molar-refractivity contribution is 5.89. The number of benzene rings is 1. The first-order valence-electron chi connectivity index (χ1n) is 6.72. The summed E-state index contributed by atoms with van der Waals surface area (Å²) in [6.45, 7) is 4.31. The minimum absolute atomic E-state index is 0.330. The predicted octanol–water partition coefficient (Wildman–Crippen LogP) is 2.51. The van der Waals surface area contributed by atoms with Crippen LogP contribution in [0.15, 0.2) is 30.5 Å². The Morgan fingerprint density at radius 3 is 2.76 bits per heavy atom. The van der Waals surface area contributed by atoms with Gasteiger partial charge in [-0.1, -0.05) is 32.0 Å². The number of nitrogens with two attached hydrogens (primary N) is 1. The van der Waals surface area contributed by atoms with Gasteiger partial charge >= 0.3 is 0 Å². The number of rotatable bonds is 4. The molecule has 0 aliphatic heterocycles. The molecule has 0 aliphatic rings. The van der Waals surface area contributed by atoms with E-state index in [1.165, 1.54) is 5.56 Å². The third-order valence-corrected chi connectivity index (χ3v) is 3.27. The molecule has 3 rings (SSSR count). The molecule has 0 aliphatic carbocycles. The summed E-state index contributed by atoms with van der Waals surface area (Å²) in [5.41, 5.74) is 5.32. The number of nitrogens with one attached hydrogen (secondary N) is 3. The topological polar surface area (TPSA) is 105 Å². The van der Waals surface area contributed by atoms with Crippen LogP contribution >= 0.6 is 0 Å². The van der Waals surface area contributed by atoms with Gasteiger partial charge in [0.15, 0.2) is 5.65 Å². The minimum Gasteiger partial charge on any atom is -0.339 e. The maximum atomic E-state index is 5.41. The van der Waals surface area contributed by atoms with Crippen LogP contribution in [0.25, 0.3) is 11.0 Å². The van der Waals surface area contributed by atoms with Gasteiger partial charge in [0, 0.05) is 5.69 Å². The zero-order chi connectivity index (χ0) is 14.8. The molecular weight excluding hydrogens is 266 g/mol. The van der Waals surface area contributed by atoms with Crippen LogP contribution in [0.1, 0.15) is 25.3 Å². The molecule has 21 heavy (non-hydrogen) atoms. The predicted molar refractivity (Wildman–Crippen MR) is 83.3 cm³/mol. The highest BCUT2D eigenvalue weighted by Gasteiger charge is 2.12. The van der Waals surface area contributed by atoms with E-state index < -0.39 is 0 Å². The lowest BCUT2D eigenvalue weighted by atomic mass is 10.0. The van der Waals surface area contributed by atoms with Crippen molar-refractivity contribution in [3.8, 4) is 0 Å². The van der Waals surface area contributed by atoms with Crippen LogP contribution in [0.3, 0.4) is 0 Å². The number of nitrogen functional groups attached to an aromatic ring is 1. The number of anilines is 3. The largest absolute Gasteiger partial charge is 0.339 e. The molecular formula is C14H17N7. The molecule has 0 unspecified atom stereocenters. The minimum atomic E-state index is 0.330. The zero-order valence-electron chi connectivity index (χ0n) is 11.9. The maximum Gasteiger partial charge on any atom is 0.241 e. The highest BCUT2D eigenvalue weighted by atomic mass is 15.3. The van der Waals surface area contributed by atoms with Crippen molar-refractivity contribution in [1.29, 1.82) is 0 Å². The Morgan fingerprint density at radius 1 is 1.19 bits per heavy atom. The number of fused-ring (bicyclic) bond motifs is 1. The molecule has 2 aromatic heterocycles. The van der Waals surface area contributed by atoms with Gasteiger partial charge in [-0.2, -0.15) is 15.1 Å². The van der Waals surface area contributed by atoms with Crippen molar-refractivity contribution in [1.82, 2.24) is 20.2 Å². The molecule has 0 saturated heterocycles. The van der Waals surface area contributed by atoms with Gasteiger partial charge in [0.05, 0.1) is 11.6 Å². The molecule has 0 radical (unpaired) electrons. The summed E-state index contributed by atoms with van der Waals surface area (Å²) in [5.74, 6) is 6.81.